The van der Waals surface area contributed by atoms with Crippen molar-refractivity contribution in [1.29, 1.82) is 0 Å². The van der Waals surface area contributed by atoms with Gasteiger partial charge in [-0.1, -0.05) is 13.8 Å². The van der Waals surface area contributed by atoms with Gasteiger partial charge in [0.15, 0.2) is 0 Å². The number of carbonyl (C=O) groups excluding carboxylic acids is 2. The molecule has 0 rings (SSSR count). The number of carbonyl (C=O) groups is 3. The van der Waals surface area contributed by atoms with Crippen molar-refractivity contribution in [2.75, 3.05) is 0 Å². The fraction of sp³-hybridized carbons (Fsp3) is 0.786. The van der Waals surface area contributed by atoms with E-state index in [2.05, 4.69) is 19.6 Å². The van der Waals surface area contributed by atoms with Crippen LogP contribution in [0.2, 0.25) is 0 Å². The number of primary amides is 1. The van der Waals surface area contributed by atoms with Gasteiger partial charge in [-0.3, -0.25) is 14.4 Å². The first-order chi connectivity index (χ1) is 8.94. The summed E-state index contributed by atoms with van der Waals surface area (Å²) in [7, 11) is 0. The second-order valence-electron chi connectivity index (χ2n) is 5.88. The van der Waals surface area contributed by atoms with Crippen molar-refractivity contribution in [2.24, 2.45) is 11.7 Å². The number of rotatable bonds is 6. The van der Waals surface area contributed by atoms with E-state index in [-0.39, 0.29) is 24.4 Å². The van der Waals surface area contributed by atoms with Gasteiger partial charge < -0.3 is 15.6 Å². The summed E-state index contributed by atoms with van der Waals surface area (Å²) in [5, 5.41) is 7.95. The van der Waals surface area contributed by atoms with Gasteiger partial charge in [0.05, 0.1) is 6.42 Å². The van der Waals surface area contributed by atoms with Gasteiger partial charge in [0.25, 0.3) is 0 Å². The van der Waals surface area contributed by atoms with Crippen molar-refractivity contribution in [3.05, 3.63) is 0 Å². The molecule has 6 heteroatoms. The standard InChI is InChI=1S/C10H20O2.C4H7NO3/c1-8(2)6-7-9(11)12-10(3,4)5;5-3(6)1-2-4(7)8/h8H,6-7H2,1-5H3;1-2H2,(H2,5,6)(H,7,8). The van der Waals surface area contributed by atoms with Gasteiger partial charge in [0, 0.05) is 12.8 Å². The maximum absolute atomic E-state index is 11.1. The highest BCUT2D eigenvalue weighted by atomic mass is 16.6. The second-order valence-corrected chi connectivity index (χ2v) is 5.88. The first-order valence-corrected chi connectivity index (χ1v) is 6.66. The van der Waals surface area contributed by atoms with E-state index >= 15 is 0 Å². The van der Waals surface area contributed by atoms with Gasteiger partial charge in [0.1, 0.15) is 5.60 Å². The fourth-order valence-electron chi connectivity index (χ4n) is 1.03. The SMILES string of the molecule is CC(C)CCC(=O)OC(C)(C)C.NC(=O)CCC(=O)O. The van der Waals surface area contributed by atoms with Gasteiger partial charge in [-0.25, -0.2) is 0 Å². The third-order valence-corrected chi connectivity index (χ3v) is 1.93. The minimum absolute atomic E-state index is 0.0741. The average molecular weight is 289 g/mol. The summed E-state index contributed by atoms with van der Waals surface area (Å²) < 4.78 is 5.15. The molecule has 0 bridgehead atoms. The molecule has 0 saturated carbocycles. The molecule has 3 N–H and O–H groups in total. The molecular weight excluding hydrogens is 262 g/mol. The number of carboxylic acid groups (broad SMARTS) is 1. The number of aliphatic carboxylic acids is 1. The van der Waals surface area contributed by atoms with E-state index in [4.69, 9.17) is 9.84 Å². The molecule has 6 nitrogen and oxygen atoms in total. The minimum Gasteiger partial charge on any atom is -0.481 e. The molecule has 0 spiro atoms. The number of carboxylic acids is 1. The van der Waals surface area contributed by atoms with Gasteiger partial charge >= 0.3 is 11.9 Å². The van der Waals surface area contributed by atoms with Crippen LogP contribution < -0.4 is 5.73 Å². The predicted octanol–water partition coefficient (Wildman–Crippen LogP) is 2.10. The maximum Gasteiger partial charge on any atom is 0.306 e. The van der Waals surface area contributed by atoms with E-state index in [1.807, 2.05) is 20.8 Å². The van der Waals surface area contributed by atoms with Crippen LogP contribution >= 0.6 is 0 Å². The van der Waals surface area contributed by atoms with Gasteiger partial charge in [-0.2, -0.15) is 0 Å². The highest BCUT2D eigenvalue weighted by Crippen LogP contribution is 2.11. The van der Waals surface area contributed by atoms with E-state index in [1.165, 1.54) is 0 Å². The Bertz CT molecular complexity index is 304. The Morgan fingerprint density at radius 2 is 1.60 bits per heavy atom. The lowest BCUT2D eigenvalue weighted by Crippen LogP contribution is -2.23. The maximum atomic E-state index is 11.1. The zero-order valence-electron chi connectivity index (χ0n) is 13.1. The third kappa shape index (κ3) is 21.7. The Morgan fingerprint density at radius 3 is 1.85 bits per heavy atom. The van der Waals surface area contributed by atoms with Crippen LogP contribution in [0.5, 0.6) is 0 Å². The summed E-state index contributed by atoms with van der Waals surface area (Å²) in [5.74, 6) is -1.09. The summed E-state index contributed by atoms with van der Waals surface area (Å²) in [6.07, 6.45) is 1.20. The van der Waals surface area contributed by atoms with Gasteiger partial charge in [0.2, 0.25) is 5.91 Å². The molecule has 0 aromatic rings. The van der Waals surface area contributed by atoms with Crippen LogP contribution in [0.3, 0.4) is 0 Å². The summed E-state index contributed by atoms with van der Waals surface area (Å²) in [5.41, 5.74) is 4.30. The van der Waals surface area contributed by atoms with Gasteiger partial charge in [-0.05, 0) is 33.1 Å². The van der Waals surface area contributed by atoms with Crippen molar-refractivity contribution in [1.82, 2.24) is 0 Å². The van der Waals surface area contributed by atoms with E-state index < -0.39 is 11.9 Å². The molecule has 0 aliphatic carbocycles. The average Bonchev–Trinajstić information content (AvgIpc) is 2.22. The van der Waals surface area contributed by atoms with Gasteiger partial charge in [-0.15, -0.1) is 0 Å². The molecule has 0 heterocycles. The van der Waals surface area contributed by atoms with Crippen LogP contribution in [-0.2, 0) is 19.1 Å². The number of hydrogen-bond donors (Lipinski definition) is 2. The lowest BCUT2D eigenvalue weighted by molar-refractivity contribution is -0.155. The Kier molecular flexibility index (Phi) is 10.6. The van der Waals surface area contributed by atoms with Crippen LogP contribution in [0, 0.1) is 5.92 Å². The van der Waals surface area contributed by atoms with E-state index in [0.717, 1.165) is 6.42 Å². The van der Waals surface area contributed by atoms with Crippen LogP contribution in [0.15, 0.2) is 0 Å². The lowest BCUT2D eigenvalue weighted by atomic mass is 10.1. The number of ether oxygens (including phenoxy) is 1. The molecule has 0 unspecified atom stereocenters. The monoisotopic (exact) mass is 289 g/mol. The molecular formula is C14H27NO5. The summed E-state index contributed by atoms with van der Waals surface area (Å²) in [6.45, 7) is 9.87. The molecule has 1 amide bonds. The molecule has 0 aromatic heterocycles. The van der Waals surface area contributed by atoms with Crippen molar-refractivity contribution in [2.45, 2.75) is 65.9 Å². The first kappa shape index (κ1) is 20.7. The van der Waals surface area contributed by atoms with Crippen molar-refractivity contribution in [3.8, 4) is 0 Å². The molecule has 0 aliphatic rings. The zero-order valence-corrected chi connectivity index (χ0v) is 13.1. The summed E-state index contributed by atoms with van der Waals surface area (Å²) in [6, 6.07) is 0. The van der Waals surface area contributed by atoms with Crippen LogP contribution in [0.1, 0.15) is 60.3 Å². The predicted molar refractivity (Wildman–Crippen MR) is 76.0 cm³/mol. The van der Waals surface area contributed by atoms with Crippen LogP contribution in [-0.4, -0.2) is 28.6 Å². The zero-order chi connectivity index (χ0) is 16.3. The Balaban J connectivity index is 0. The molecule has 0 aliphatic heterocycles. The first-order valence-electron chi connectivity index (χ1n) is 6.66. The summed E-state index contributed by atoms with van der Waals surface area (Å²) >= 11 is 0. The summed E-state index contributed by atoms with van der Waals surface area (Å²) in [4.78, 5) is 30.7. The number of esters is 1. The number of nitrogens with two attached hydrogens (primary N) is 1. The molecule has 0 radical (unpaired) electrons. The van der Waals surface area contributed by atoms with Crippen LogP contribution in [0.25, 0.3) is 0 Å². The molecule has 118 valence electrons. The molecule has 0 saturated heterocycles. The minimum atomic E-state index is -0.996. The smallest absolute Gasteiger partial charge is 0.306 e. The Labute approximate surface area is 120 Å². The highest BCUT2D eigenvalue weighted by molar-refractivity contribution is 5.79. The fourth-order valence-corrected chi connectivity index (χ4v) is 1.03. The molecule has 0 atom stereocenters. The molecule has 0 fully saturated rings. The highest BCUT2D eigenvalue weighted by Gasteiger charge is 2.15. The van der Waals surface area contributed by atoms with E-state index in [9.17, 15) is 14.4 Å². The lowest BCUT2D eigenvalue weighted by Gasteiger charge is -2.19. The number of amides is 1. The number of hydrogen-bond acceptors (Lipinski definition) is 4. The third-order valence-electron chi connectivity index (χ3n) is 1.93. The van der Waals surface area contributed by atoms with Crippen molar-refractivity contribution < 1.29 is 24.2 Å². The second kappa shape index (κ2) is 10.2. The van der Waals surface area contributed by atoms with E-state index in [0.29, 0.717) is 12.3 Å². The molecule has 20 heavy (non-hydrogen) atoms. The molecule has 0 aromatic carbocycles. The van der Waals surface area contributed by atoms with Crippen molar-refractivity contribution >= 4 is 17.8 Å². The topological polar surface area (TPSA) is 107 Å². The quantitative estimate of drug-likeness (QED) is 0.728. The van der Waals surface area contributed by atoms with Crippen LogP contribution in [0.4, 0.5) is 0 Å². The Morgan fingerprint density at radius 1 is 1.10 bits per heavy atom. The largest absolute Gasteiger partial charge is 0.481 e. The normalized spacial score (nSPS) is 10.5. The van der Waals surface area contributed by atoms with E-state index in [1.54, 1.807) is 0 Å². The van der Waals surface area contributed by atoms with Crippen molar-refractivity contribution in [3.63, 3.8) is 0 Å². The Hall–Kier alpha value is -1.59.